The molecule has 0 bridgehead atoms. The lowest BCUT2D eigenvalue weighted by atomic mass is 9.81. The van der Waals surface area contributed by atoms with Crippen LogP contribution in [0.15, 0.2) is 18.2 Å². The summed E-state index contributed by atoms with van der Waals surface area (Å²) < 4.78 is 26.3. The number of carboxylic acids is 1. The topological polar surface area (TPSA) is 57.5 Å². The summed E-state index contributed by atoms with van der Waals surface area (Å²) in [5, 5.41) is 19.1. The lowest BCUT2D eigenvalue weighted by molar-refractivity contribution is -0.152. The Kier molecular flexibility index (Phi) is 3.83. The molecule has 3 nitrogen and oxygen atoms in total. The highest BCUT2D eigenvalue weighted by molar-refractivity contribution is 5.71. The summed E-state index contributed by atoms with van der Waals surface area (Å²) in [5.74, 6) is -4.09. The van der Waals surface area contributed by atoms with Crippen molar-refractivity contribution in [2.45, 2.75) is 25.9 Å². The van der Waals surface area contributed by atoms with Crippen LogP contribution in [0, 0.1) is 17.6 Å². The Hall–Kier alpha value is -1.49. The van der Waals surface area contributed by atoms with Crippen molar-refractivity contribution in [2.24, 2.45) is 5.92 Å². The van der Waals surface area contributed by atoms with E-state index in [-0.39, 0.29) is 12.0 Å². The van der Waals surface area contributed by atoms with Crippen LogP contribution in [0.1, 0.15) is 25.8 Å². The van der Waals surface area contributed by atoms with Crippen molar-refractivity contribution >= 4 is 5.97 Å². The zero-order chi connectivity index (χ0) is 13.2. The van der Waals surface area contributed by atoms with Crippen molar-refractivity contribution < 1.29 is 23.8 Å². The van der Waals surface area contributed by atoms with Crippen molar-refractivity contribution in [1.82, 2.24) is 0 Å². The molecule has 0 aliphatic carbocycles. The number of carboxylic acid groups (broad SMARTS) is 1. The van der Waals surface area contributed by atoms with E-state index >= 15 is 0 Å². The maximum atomic E-state index is 13.5. The predicted octanol–water partition coefficient (Wildman–Crippen LogP) is 2.28. The van der Waals surface area contributed by atoms with Gasteiger partial charge in [0.25, 0.3) is 0 Å². The molecular formula is C12H14F2O3. The van der Waals surface area contributed by atoms with E-state index in [9.17, 15) is 18.7 Å². The molecule has 0 heterocycles. The monoisotopic (exact) mass is 244 g/mol. The Morgan fingerprint density at radius 2 is 2.06 bits per heavy atom. The molecule has 94 valence electrons. The van der Waals surface area contributed by atoms with E-state index in [1.807, 2.05) is 0 Å². The first-order valence-corrected chi connectivity index (χ1v) is 5.21. The van der Waals surface area contributed by atoms with Crippen LogP contribution in [-0.2, 0) is 10.4 Å². The minimum Gasteiger partial charge on any atom is -0.481 e. The van der Waals surface area contributed by atoms with Crippen molar-refractivity contribution in [3.8, 4) is 0 Å². The number of aliphatic carboxylic acids is 1. The Morgan fingerprint density at radius 1 is 1.47 bits per heavy atom. The van der Waals surface area contributed by atoms with Gasteiger partial charge in [-0.05, 0) is 19.4 Å². The minimum atomic E-state index is -1.88. The Balaban J connectivity index is 3.24. The summed E-state index contributed by atoms with van der Waals surface area (Å²) in [4.78, 5) is 11.0. The fraction of sp³-hybridized carbons (Fsp3) is 0.417. The zero-order valence-corrected chi connectivity index (χ0v) is 9.58. The van der Waals surface area contributed by atoms with Crippen LogP contribution in [0.3, 0.4) is 0 Å². The van der Waals surface area contributed by atoms with Gasteiger partial charge in [-0.1, -0.05) is 13.0 Å². The van der Waals surface area contributed by atoms with Gasteiger partial charge in [-0.15, -0.1) is 0 Å². The van der Waals surface area contributed by atoms with Crippen molar-refractivity contribution in [2.75, 3.05) is 0 Å². The Labute approximate surface area is 97.7 Å². The van der Waals surface area contributed by atoms with Gasteiger partial charge in [0.15, 0.2) is 0 Å². The highest BCUT2D eigenvalue weighted by Gasteiger charge is 2.39. The fourth-order valence-electron chi connectivity index (χ4n) is 1.90. The van der Waals surface area contributed by atoms with Gasteiger partial charge in [-0.25, -0.2) is 8.78 Å². The van der Waals surface area contributed by atoms with Crippen LogP contribution in [0.25, 0.3) is 0 Å². The fourth-order valence-corrected chi connectivity index (χ4v) is 1.90. The minimum absolute atomic E-state index is 0.138. The summed E-state index contributed by atoms with van der Waals surface area (Å²) >= 11 is 0. The molecule has 0 aliphatic heterocycles. The van der Waals surface area contributed by atoms with E-state index in [1.165, 1.54) is 6.92 Å². The van der Waals surface area contributed by atoms with E-state index < -0.39 is 29.1 Å². The average molecular weight is 244 g/mol. The molecule has 1 rings (SSSR count). The molecule has 2 atom stereocenters. The molecule has 0 aromatic heterocycles. The molecule has 0 saturated carbocycles. The molecule has 0 amide bonds. The van der Waals surface area contributed by atoms with Crippen LogP contribution in [0.5, 0.6) is 0 Å². The van der Waals surface area contributed by atoms with Gasteiger partial charge in [-0.2, -0.15) is 0 Å². The van der Waals surface area contributed by atoms with Crippen LogP contribution in [-0.4, -0.2) is 16.2 Å². The lowest BCUT2D eigenvalue weighted by Crippen LogP contribution is -2.37. The van der Waals surface area contributed by atoms with Crippen molar-refractivity contribution in [3.63, 3.8) is 0 Å². The SMILES string of the molecule is CCC(C(=O)O)C(C)(O)c1ccc(F)cc1F. The maximum Gasteiger partial charge on any atom is 0.309 e. The third-order valence-electron chi connectivity index (χ3n) is 2.86. The lowest BCUT2D eigenvalue weighted by Gasteiger charge is -2.30. The third-order valence-corrected chi connectivity index (χ3v) is 2.86. The number of halogens is 2. The second kappa shape index (κ2) is 4.79. The first kappa shape index (κ1) is 13.6. The maximum absolute atomic E-state index is 13.5. The first-order valence-electron chi connectivity index (χ1n) is 5.21. The van der Waals surface area contributed by atoms with Gasteiger partial charge in [0.05, 0.1) is 5.92 Å². The second-order valence-corrected chi connectivity index (χ2v) is 4.07. The van der Waals surface area contributed by atoms with Gasteiger partial charge >= 0.3 is 5.97 Å². The van der Waals surface area contributed by atoms with Gasteiger partial charge in [0.1, 0.15) is 17.2 Å². The molecule has 0 spiro atoms. The quantitative estimate of drug-likeness (QED) is 0.854. The van der Waals surface area contributed by atoms with Gasteiger partial charge in [-0.3, -0.25) is 4.79 Å². The van der Waals surface area contributed by atoms with E-state index in [0.29, 0.717) is 6.07 Å². The van der Waals surface area contributed by atoms with Crippen LogP contribution < -0.4 is 0 Å². The number of aliphatic hydroxyl groups is 1. The molecule has 0 radical (unpaired) electrons. The van der Waals surface area contributed by atoms with Crippen LogP contribution >= 0.6 is 0 Å². The van der Waals surface area contributed by atoms with Crippen molar-refractivity contribution in [1.29, 1.82) is 0 Å². The first-order chi connectivity index (χ1) is 7.80. The molecule has 1 aromatic carbocycles. The van der Waals surface area contributed by atoms with E-state index in [1.54, 1.807) is 6.92 Å². The zero-order valence-electron chi connectivity index (χ0n) is 9.58. The molecule has 5 heteroatoms. The van der Waals surface area contributed by atoms with E-state index in [2.05, 4.69) is 0 Å². The molecule has 2 unspecified atom stereocenters. The smallest absolute Gasteiger partial charge is 0.309 e. The molecule has 2 N–H and O–H groups in total. The number of rotatable bonds is 4. The summed E-state index contributed by atoms with van der Waals surface area (Å²) in [7, 11) is 0. The summed E-state index contributed by atoms with van der Waals surface area (Å²) in [6, 6.07) is 2.68. The number of hydrogen-bond acceptors (Lipinski definition) is 2. The predicted molar refractivity (Wildman–Crippen MR) is 57.3 cm³/mol. The molecule has 0 saturated heterocycles. The molecule has 0 fully saturated rings. The summed E-state index contributed by atoms with van der Waals surface area (Å²) in [6.07, 6.45) is 0.138. The number of benzene rings is 1. The van der Waals surface area contributed by atoms with Gasteiger partial charge in [0.2, 0.25) is 0 Å². The average Bonchev–Trinajstić information content (AvgIpc) is 2.16. The normalized spacial score (nSPS) is 16.3. The van der Waals surface area contributed by atoms with Gasteiger partial charge in [0, 0.05) is 11.6 Å². The second-order valence-electron chi connectivity index (χ2n) is 4.07. The molecular weight excluding hydrogens is 230 g/mol. The highest BCUT2D eigenvalue weighted by Crippen LogP contribution is 2.33. The number of hydrogen-bond donors (Lipinski definition) is 2. The van der Waals surface area contributed by atoms with E-state index in [4.69, 9.17) is 5.11 Å². The third kappa shape index (κ3) is 2.61. The number of carbonyl (C=O) groups is 1. The summed E-state index contributed by atoms with van der Waals surface area (Å²) in [5.41, 5.74) is -2.09. The van der Waals surface area contributed by atoms with Crippen LogP contribution in [0.4, 0.5) is 8.78 Å². The van der Waals surface area contributed by atoms with Crippen LogP contribution in [0.2, 0.25) is 0 Å². The molecule has 17 heavy (non-hydrogen) atoms. The molecule has 0 aliphatic rings. The Morgan fingerprint density at radius 3 is 2.47 bits per heavy atom. The van der Waals surface area contributed by atoms with E-state index in [0.717, 1.165) is 12.1 Å². The van der Waals surface area contributed by atoms with Crippen molar-refractivity contribution in [3.05, 3.63) is 35.4 Å². The van der Waals surface area contributed by atoms with Gasteiger partial charge < -0.3 is 10.2 Å². The largest absolute Gasteiger partial charge is 0.481 e. The molecule has 1 aromatic rings. The Bertz CT molecular complexity index is 430. The highest BCUT2D eigenvalue weighted by atomic mass is 19.1. The summed E-state index contributed by atoms with van der Waals surface area (Å²) in [6.45, 7) is 2.79. The standard InChI is InChI=1S/C12H14F2O3/c1-3-8(11(15)16)12(2,17)9-5-4-7(13)6-10(9)14/h4-6,8,17H,3H2,1-2H3,(H,15,16).